The second kappa shape index (κ2) is 10.2. The van der Waals surface area contributed by atoms with Gasteiger partial charge in [0.25, 0.3) is 0 Å². The summed E-state index contributed by atoms with van der Waals surface area (Å²) in [5, 5.41) is 0. The number of benzene rings is 3. The summed E-state index contributed by atoms with van der Waals surface area (Å²) in [6, 6.07) is 30.5. The van der Waals surface area contributed by atoms with Gasteiger partial charge in [-0.3, -0.25) is 0 Å². The summed E-state index contributed by atoms with van der Waals surface area (Å²) in [6.45, 7) is 15.8. The Kier molecular flexibility index (Phi) is 7.27. The summed E-state index contributed by atoms with van der Waals surface area (Å²) in [6.07, 6.45) is 0. The normalized spacial score (nSPS) is 11.3. The number of rotatable bonds is 3. The SMILES string of the molecule is Cc1ccc(-n2c(-c3ccc(C#C[Si](C)(C)C)cc3)ccc2-c2ccc(C#C[Si](C)(C)C)cc2)cc1. The van der Waals surface area contributed by atoms with E-state index in [4.69, 9.17) is 0 Å². The van der Waals surface area contributed by atoms with Gasteiger partial charge in [0.2, 0.25) is 0 Å². The molecule has 0 saturated carbocycles. The van der Waals surface area contributed by atoms with Crippen LogP contribution < -0.4 is 0 Å². The van der Waals surface area contributed by atoms with Gasteiger partial charge in [-0.25, -0.2) is 0 Å². The summed E-state index contributed by atoms with van der Waals surface area (Å²) in [5.74, 6) is 6.74. The monoisotopic (exact) mass is 501 g/mol. The predicted molar refractivity (Wildman–Crippen MR) is 162 cm³/mol. The van der Waals surface area contributed by atoms with Gasteiger partial charge in [-0.05, 0) is 66.6 Å². The van der Waals surface area contributed by atoms with Crippen LogP contribution in [0.2, 0.25) is 39.3 Å². The molecule has 4 rings (SSSR count). The molecule has 4 aromatic rings. The summed E-state index contributed by atoms with van der Waals surface area (Å²) in [7, 11) is -2.80. The third kappa shape index (κ3) is 6.58. The fourth-order valence-electron chi connectivity index (χ4n) is 3.83. The van der Waals surface area contributed by atoms with Crippen LogP contribution in [-0.2, 0) is 0 Å². The van der Waals surface area contributed by atoms with Crippen molar-refractivity contribution in [2.45, 2.75) is 46.2 Å². The van der Waals surface area contributed by atoms with E-state index >= 15 is 0 Å². The molecule has 0 atom stereocenters. The van der Waals surface area contributed by atoms with E-state index in [9.17, 15) is 0 Å². The molecule has 0 bridgehead atoms. The molecular formula is C33H35NSi2. The minimum absolute atomic E-state index is 1.07. The van der Waals surface area contributed by atoms with Crippen molar-refractivity contribution in [1.29, 1.82) is 0 Å². The molecule has 0 spiro atoms. The van der Waals surface area contributed by atoms with E-state index in [-0.39, 0.29) is 0 Å². The fourth-order valence-corrected chi connectivity index (χ4v) is 4.87. The van der Waals surface area contributed by atoms with Crippen LogP contribution in [0.3, 0.4) is 0 Å². The predicted octanol–water partition coefficient (Wildman–Crippen LogP) is 8.58. The van der Waals surface area contributed by atoms with Gasteiger partial charge in [0.15, 0.2) is 0 Å². The molecule has 3 aromatic carbocycles. The minimum Gasteiger partial charge on any atom is -0.309 e. The zero-order chi connectivity index (χ0) is 25.9. The molecule has 1 nitrogen and oxygen atoms in total. The number of aromatic nitrogens is 1. The van der Waals surface area contributed by atoms with Gasteiger partial charge in [0, 0.05) is 16.8 Å². The fraction of sp³-hybridized carbons (Fsp3) is 0.212. The Hall–Kier alpha value is -3.51. The molecule has 0 N–H and O–H groups in total. The van der Waals surface area contributed by atoms with Crippen LogP contribution >= 0.6 is 0 Å². The van der Waals surface area contributed by atoms with Crippen molar-refractivity contribution in [3.8, 4) is 51.1 Å². The summed E-state index contributed by atoms with van der Waals surface area (Å²) in [5.41, 5.74) is 16.2. The number of hydrogen-bond donors (Lipinski definition) is 0. The molecule has 1 heterocycles. The van der Waals surface area contributed by atoms with Crippen molar-refractivity contribution in [2.24, 2.45) is 0 Å². The topological polar surface area (TPSA) is 4.93 Å². The summed E-state index contributed by atoms with van der Waals surface area (Å²) < 4.78 is 2.35. The third-order valence-corrected chi connectivity index (χ3v) is 7.45. The lowest BCUT2D eigenvalue weighted by atomic mass is 10.1. The molecular weight excluding hydrogens is 467 g/mol. The Morgan fingerprint density at radius 1 is 0.500 bits per heavy atom. The first kappa shape index (κ1) is 25.6. The van der Waals surface area contributed by atoms with Crippen LogP contribution in [0.1, 0.15) is 16.7 Å². The quantitative estimate of drug-likeness (QED) is 0.196. The van der Waals surface area contributed by atoms with Crippen molar-refractivity contribution in [3.05, 3.63) is 102 Å². The Bertz CT molecular complexity index is 1380. The highest BCUT2D eigenvalue weighted by molar-refractivity contribution is 6.84. The maximum Gasteiger partial charge on any atom is 0.129 e. The molecule has 1 aromatic heterocycles. The van der Waals surface area contributed by atoms with Crippen LogP contribution in [0.15, 0.2) is 84.9 Å². The highest BCUT2D eigenvalue weighted by Crippen LogP contribution is 2.33. The van der Waals surface area contributed by atoms with Crippen molar-refractivity contribution < 1.29 is 0 Å². The van der Waals surface area contributed by atoms with Crippen molar-refractivity contribution in [2.75, 3.05) is 0 Å². The number of nitrogens with zero attached hydrogens (tertiary/aromatic N) is 1. The molecule has 0 unspecified atom stereocenters. The lowest BCUT2D eigenvalue weighted by Crippen LogP contribution is -2.16. The van der Waals surface area contributed by atoms with Crippen LogP contribution in [0, 0.1) is 29.9 Å². The molecule has 0 aliphatic carbocycles. The molecule has 3 heteroatoms. The highest BCUT2D eigenvalue weighted by Gasteiger charge is 2.14. The Labute approximate surface area is 219 Å². The molecule has 0 amide bonds. The first-order chi connectivity index (χ1) is 17.0. The van der Waals surface area contributed by atoms with Crippen LogP contribution in [0.4, 0.5) is 0 Å². The van der Waals surface area contributed by atoms with E-state index < -0.39 is 16.1 Å². The lowest BCUT2D eigenvalue weighted by molar-refractivity contribution is 1.09. The molecule has 36 heavy (non-hydrogen) atoms. The maximum atomic E-state index is 3.46. The van der Waals surface area contributed by atoms with E-state index in [1.165, 1.54) is 28.1 Å². The van der Waals surface area contributed by atoms with Crippen molar-refractivity contribution in [1.82, 2.24) is 4.57 Å². The van der Waals surface area contributed by atoms with E-state index in [0.29, 0.717) is 0 Å². The van der Waals surface area contributed by atoms with Crippen LogP contribution in [0.25, 0.3) is 28.2 Å². The van der Waals surface area contributed by atoms with Gasteiger partial charge in [-0.1, -0.05) is 93.1 Å². The molecule has 0 fully saturated rings. The molecule has 0 aliphatic rings. The largest absolute Gasteiger partial charge is 0.309 e. The number of aryl methyl sites for hydroxylation is 1. The van der Waals surface area contributed by atoms with Crippen molar-refractivity contribution in [3.63, 3.8) is 0 Å². The van der Waals surface area contributed by atoms with Gasteiger partial charge in [-0.15, -0.1) is 11.1 Å². The van der Waals surface area contributed by atoms with Crippen LogP contribution in [0.5, 0.6) is 0 Å². The van der Waals surface area contributed by atoms with E-state index in [1.54, 1.807) is 0 Å². The zero-order valence-corrected chi connectivity index (χ0v) is 24.5. The standard InChI is InChI=1S/C33H35NSi2/c1-26-8-18-31(19-9-26)34-32(29-14-10-27(11-15-29)22-24-35(2,3)4)20-21-33(34)30-16-12-28(13-17-30)23-25-36(5,6)7/h8-21H,1-7H3. The summed E-state index contributed by atoms with van der Waals surface area (Å²) in [4.78, 5) is 0. The van der Waals surface area contributed by atoms with E-state index in [2.05, 4.69) is 159 Å². The lowest BCUT2D eigenvalue weighted by Gasteiger charge is -2.15. The van der Waals surface area contributed by atoms with Crippen LogP contribution in [-0.4, -0.2) is 20.7 Å². The minimum atomic E-state index is -1.40. The van der Waals surface area contributed by atoms with E-state index in [0.717, 1.165) is 16.8 Å². The third-order valence-electron chi connectivity index (χ3n) is 5.70. The van der Waals surface area contributed by atoms with Gasteiger partial charge in [0.05, 0.1) is 11.4 Å². The van der Waals surface area contributed by atoms with E-state index in [1.807, 2.05) is 0 Å². The Morgan fingerprint density at radius 3 is 1.25 bits per heavy atom. The molecule has 0 radical (unpaired) electrons. The highest BCUT2D eigenvalue weighted by atomic mass is 28.3. The van der Waals surface area contributed by atoms with Gasteiger partial charge in [-0.2, -0.15) is 0 Å². The van der Waals surface area contributed by atoms with Gasteiger partial charge < -0.3 is 4.57 Å². The zero-order valence-electron chi connectivity index (χ0n) is 22.5. The Balaban J connectivity index is 1.77. The molecule has 180 valence electrons. The second-order valence-corrected chi connectivity index (χ2v) is 20.9. The maximum absolute atomic E-state index is 3.46. The smallest absolute Gasteiger partial charge is 0.129 e. The first-order valence-corrected chi connectivity index (χ1v) is 19.5. The van der Waals surface area contributed by atoms with Gasteiger partial charge in [0.1, 0.15) is 16.1 Å². The molecule has 0 saturated heterocycles. The number of hydrogen-bond acceptors (Lipinski definition) is 0. The first-order valence-electron chi connectivity index (χ1n) is 12.5. The van der Waals surface area contributed by atoms with Crippen molar-refractivity contribution >= 4 is 16.1 Å². The Morgan fingerprint density at radius 2 is 0.889 bits per heavy atom. The van der Waals surface area contributed by atoms with Gasteiger partial charge >= 0.3 is 0 Å². The average molecular weight is 502 g/mol. The second-order valence-electron chi connectivity index (χ2n) is 11.4. The summed E-state index contributed by atoms with van der Waals surface area (Å²) >= 11 is 0. The average Bonchev–Trinajstić information content (AvgIpc) is 3.27. The molecule has 0 aliphatic heterocycles.